The SMILES string of the molecule is COc1ccc2c(Nc3ccc(F)cc3)nc(C(F)(F)F)nc2c1. The van der Waals surface area contributed by atoms with Crippen LogP contribution in [0.4, 0.5) is 29.1 Å². The van der Waals surface area contributed by atoms with Crippen LogP contribution in [-0.4, -0.2) is 17.1 Å². The number of rotatable bonds is 3. The molecule has 0 fully saturated rings. The van der Waals surface area contributed by atoms with Crippen molar-refractivity contribution < 1.29 is 22.3 Å². The van der Waals surface area contributed by atoms with Gasteiger partial charge in [-0.2, -0.15) is 13.2 Å². The first-order valence-electron chi connectivity index (χ1n) is 6.82. The van der Waals surface area contributed by atoms with Gasteiger partial charge in [-0.25, -0.2) is 14.4 Å². The molecule has 0 aliphatic rings. The zero-order chi connectivity index (χ0) is 17.3. The Balaban J connectivity index is 2.14. The highest BCUT2D eigenvalue weighted by Crippen LogP contribution is 2.32. The normalized spacial score (nSPS) is 11.5. The van der Waals surface area contributed by atoms with Crippen molar-refractivity contribution in [2.24, 2.45) is 0 Å². The fourth-order valence-electron chi connectivity index (χ4n) is 2.13. The first-order valence-corrected chi connectivity index (χ1v) is 6.82. The van der Waals surface area contributed by atoms with Gasteiger partial charge in [-0.05, 0) is 36.4 Å². The van der Waals surface area contributed by atoms with Gasteiger partial charge in [0.15, 0.2) is 0 Å². The maximum atomic E-state index is 13.0. The summed E-state index contributed by atoms with van der Waals surface area (Å²) in [5.41, 5.74) is 0.488. The molecule has 1 aromatic heterocycles. The number of aromatic nitrogens is 2. The predicted molar refractivity (Wildman–Crippen MR) is 80.8 cm³/mol. The molecule has 0 radical (unpaired) electrons. The van der Waals surface area contributed by atoms with Gasteiger partial charge in [-0.3, -0.25) is 0 Å². The molecule has 8 heteroatoms. The van der Waals surface area contributed by atoms with Gasteiger partial charge in [0.1, 0.15) is 17.4 Å². The summed E-state index contributed by atoms with van der Waals surface area (Å²) in [6, 6.07) is 9.73. The lowest BCUT2D eigenvalue weighted by molar-refractivity contribution is -0.144. The molecule has 0 bridgehead atoms. The molecule has 2 aromatic carbocycles. The van der Waals surface area contributed by atoms with E-state index in [0.717, 1.165) is 0 Å². The Morgan fingerprint density at radius 2 is 1.71 bits per heavy atom. The highest BCUT2D eigenvalue weighted by molar-refractivity contribution is 5.91. The number of methoxy groups -OCH3 is 1. The minimum Gasteiger partial charge on any atom is -0.497 e. The van der Waals surface area contributed by atoms with E-state index in [1.165, 1.54) is 37.4 Å². The van der Waals surface area contributed by atoms with Gasteiger partial charge in [0.25, 0.3) is 0 Å². The van der Waals surface area contributed by atoms with Gasteiger partial charge in [0.05, 0.1) is 12.6 Å². The first kappa shape index (κ1) is 16.0. The van der Waals surface area contributed by atoms with Crippen LogP contribution in [0.5, 0.6) is 5.75 Å². The lowest BCUT2D eigenvalue weighted by Crippen LogP contribution is -2.12. The summed E-state index contributed by atoms with van der Waals surface area (Å²) in [6.45, 7) is 0. The zero-order valence-electron chi connectivity index (χ0n) is 12.4. The Hall–Kier alpha value is -2.90. The molecule has 0 saturated heterocycles. The van der Waals surface area contributed by atoms with Crippen LogP contribution in [0.25, 0.3) is 10.9 Å². The van der Waals surface area contributed by atoms with Crippen molar-refractivity contribution in [3.05, 3.63) is 54.1 Å². The fraction of sp³-hybridized carbons (Fsp3) is 0.125. The largest absolute Gasteiger partial charge is 0.497 e. The van der Waals surface area contributed by atoms with E-state index in [1.807, 2.05) is 0 Å². The van der Waals surface area contributed by atoms with E-state index in [9.17, 15) is 17.6 Å². The number of fused-ring (bicyclic) bond motifs is 1. The fourth-order valence-corrected chi connectivity index (χ4v) is 2.13. The predicted octanol–water partition coefficient (Wildman–Crippen LogP) is 4.54. The summed E-state index contributed by atoms with van der Waals surface area (Å²) in [6.07, 6.45) is -4.70. The summed E-state index contributed by atoms with van der Waals surface area (Å²) in [5.74, 6) is -1.37. The van der Waals surface area contributed by atoms with Crippen LogP contribution in [0.3, 0.4) is 0 Å². The molecule has 0 atom stereocenters. The number of nitrogens with zero attached hydrogens (tertiary/aromatic N) is 2. The standard InChI is InChI=1S/C16H11F4N3O/c1-24-11-6-7-12-13(8-11)22-15(16(18,19)20)23-14(12)21-10-4-2-9(17)3-5-10/h2-8H,1H3,(H,21,22,23). The number of ether oxygens (including phenoxy) is 1. The maximum absolute atomic E-state index is 13.0. The van der Waals surface area contributed by atoms with Crippen LogP contribution in [0.15, 0.2) is 42.5 Å². The molecule has 1 N–H and O–H groups in total. The number of benzene rings is 2. The van der Waals surface area contributed by atoms with Crippen molar-refractivity contribution in [3.8, 4) is 5.75 Å². The van der Waals surface area contributed by atoms with Crippen molar-refractivity contribution >= 4 is 22.4 Å². The molecule has 24 heavy (non-hydrogen) atoms. The summed E-state index contributed by atoms with van der Waals surface area (Å²) < 4.78 is 57.1. The van der Waals surface area contributed by atoms with Crippen LogP contribution in [-0.2, 0) is 6.18 Å². The zero-order valence-corrected chi connectivity index (χ0v) is 12.4. The van der Waals surface area contributed by atoms with E-state index in [1.54, 1.807) is 12.1 Å². The Morgan fingerprint density at radius 3 is 2.33 bits per heavy atom. The second kappa shape index (κ2) is 5.95. The number of hydrogen-bond acceptors (Lipinski definition) is 4. The average molecular weight is 337 g/mol. The van der Waals surface area contributed by atoms with E-state index in [-0.39, 0.29) is 11.3 Å². The number of alkyl halides is 3. The third kappa shape index (κ3) is 3.22. The molecule has 0 aliphatic carbocycles. The number of hydrogen-bond donors (Lipinski definition) is 1. The van der Waals surface area contributed by atoms with E-state index >= 15 is 0 Å². The number of nitrogens with one attached hydrogen (secondary N) is 1. The second-order valence-electron chi connectivity index (χ2n) is 4.91. The van der Waals surface area contributed by atoms with Gasteiger partial charge in [0.2, 0.25) is 5.82 Å². The monoisotopic (exact) mass is 337 g/mol. The molecular formula is C16H11F4N3O. The molecular weight excluding hydrogens is 326 g/mol. The molecule has 0 aliphatic heterocycles. The molecule has 3 aromatic rings. The third-order valence-electron chi connectivity index (χ3n) is 3.26. The summed E-state index contributed by atoms with van der Waals surface area (Å²) in [4.78, 5) is 7.12. The number of halogens is 4. The lowest BCUT2D eigenvalue weighted by Gasteiger charge is -2.13. The van der Waals surface area contributed by atoms with Gasteiger partial charge < -0.3 is 10.1 Å². The van der Waals surface area contributed by atoms with Crippen molar-refractivity contribution in [1.82, 2.24) is 9.97 Å². The Bertz CT molecular complexity index is 879. The molecule has 0 spiro atoms. The molecule has 0 saturated carbocycles. The smallest absolute Gasteiger partial charge is 0.451 e. The van der Waals surface area contributed by atoms with Crippen LogP contribution in [0.2, 0.25) is 0 Å². The molecule has 124 valence electrons. The quantitative estimate of drug-likeness (QED) is 0.713. The molecule has 3 rings (SSSR count). The van der Waals surface area contributed by atoms with E-state index in [0.29, 0.717) is 16.8 Å². The summed E-state index contributed by atoms with van der Waals surface area (Å²) >= 11 is 0. The molecule has 1 heterocycles. The second-order valence-corrected chi connectivity index (χ2v) is 4.91. The molecule has 0 unspecified atom stereocenters. The Morgan fingerprint density at radius 1 is 1.00 bits per heavy atom. The Kier molecular flexibility index (Phi) is 3.96. The molecule has 4 nitrogen and oxygen atoms in total. The first-order chi connectivity index (χ1) is 11.4. The van der Waals surface area contributed by atoms with Crippen LogP contribution < -0.4 is 10.1 Å². The number of anilines is 2. The average Bonchev–Trinajstić information content (AvgIpc) is 2.55. The maximum Gasteiger partial charge on any atom is 0.451 e. The van der Waals surface area contributed by atoms with E-state index in [4.69, 9.17) is 4.74 Å². The van der Waals surface area contributed by atoms with Crippen molar-refractivity contribution in [2.45, 2.75) is 6.18 Å². The summed E-state index contributed by atoms with van der Waals surface area (Å²) in [5, 5.41) is 3.15. The van der Waals surface area contributed by atoms with Crippen molar-refractivity contribution in [2.75, 3.05) is 12.4 Å². The minimum atomic E-state index is -4.70. The van der Waals surface area contributed by atoms with Gasteiger partial charge in [-0.1, -0.05) is 0 Å². The van der Waals surface area contributed by atoms with Crippen LogP contribution in [0, 0.1) is 5.82 Å². The highest BCUT2D eigenvalue weighted by atomic mass is 19.4. The van der Waals surface area contributed by atoms with E-state index in [2.05, 4.69) is 15.3 Å². The lowest BCUT2D eigenvalue weighted by atomic mass is 10.2. The van der Waals surface area contributed by atoms with Gasteiger partial charge in [0, 0.05) is 17.1 Å². The van der Waals surface area contributed by atoms with Gasteiger partial charge in [-0.15, -0.1) is 0 Å². The van der Waals surface area contributed by atoms with Crippen LogP contribution in [0.1, 0.15) is 5.82 Å². The topological polar surface area (TPSA) is 47.0 Å². The van der Waals surface area contributed by atoms with E-state index < -0.39 is 17.8 Å². The van der Waals surface area contributed by atoms with Crippen LogP contribution >= 0.6 is 0 Å². The van der Waals surface area contributed by atoms with Gasteiger partial charge >= 0.3 is 6.18 Å². The van der Waals surface area contributed by atoms with Crippen molar-refractivity contribution in [3.63, 3.8) is 0 Å². The Labute approximate surface area is 134 Å². The van der Waals surface area contributed by atoms with Crippen molar-refractivity contribution in [1.29, 1.82) is 0 Å². The highest BCUT2D eigenvalue weighted by Gasteiger charge is 2.35. The third-order valence-corrected chi connectivity index (χ3v) is 3.26. The minimum absolute atomic E-state index is 0.0263. The summed E-state index contributed by atoms with van der Waals surface area (Å²) in [7, 11) is 1.41. The molecule has 0 amide bonds.